The monoisotopic (exact) mass is 394 g/mol. The van der Waals surface area contributed by atoms with Gasteiger partial charge in [-0.2, -0.15) is 0 Å². The Hall–Kier alpha value is -0.240. The molecule has 0 fully saturated rings. The summed E-state index contributed by atoms with van der Waals surface area (Å²) in [6.07, 6.45) is 1.09. The molecule has 0 heterocycles. The number of hydrogen-bond acceptors (Lipinski definition) is 6. The molecule has 0 aliphatic rings. The molecule has 27 heavy (non-hydrogen) atoms. The van der Waals surface area contributed by atoms with E-state index in [9.17, 15) is 0 Å². The first kappa shape index (κ1) is 29.0. The molecule has 0 aromatic rings. The van der Waals surface area contributed by atoms with Gasteiger partial charge >= 0.3 is 0 Å². The van der Waals surface area contributed by atoms with Crippen LogP contribution in [-0.4, -0.2) is 80.3 Å². The van der Waals surface area contributed by atoms with Gasteiger partial charge in [0.1, 0.15) is 0 Å². The number of rotatable bonds is 15. The SMILES string of the molecule is COCCOCCOCC(C)(C)C.COCCOCCOCCC(C)(C)C. The molecule has 0 saturated heterocycles. The highest BCUT2D eigenvalue weighted by Crippen LogP contribution is 2.17. The zero-order valence-electron chi connectivity index (χ0n) is 19.2. The number of methoxy groups -OCH3 is 2. The van der Waals surface area contributed by atoms with Crippen molar-refractivity contribution in [3.63, 3.8) is 0 Å². The van der Waals surface area contributed by atoms with Crippen molar-refractivity contribution >= 4 is 0 Å². The van der Waals surface area contributed by atoms with Crippen LogP contribution < -0.4 is 0 Å². The zero-order valence-corrected chi connectivity index (χ0v) is 19.2. The molecule has 0 bridgehead atoms. The summed E-state index contributed by atoms with van der Waals surface area (Å²) >= 11 is 0. The molecule has 0 radical (unpaired) electrons. The van der Waals surface area contributed by atoms with E-state index in [0.717, 1.165) is 19.6 Å². The van der Waals surface area contributed by atoms with Crippen molar-refractivity contribution in [3.8, 4) is 0 Å². The van der Waals surface area contributed by atoms with E-state index in [1.807, 2.05) is 0 Å². The van der Waals surface area contributed by atoms with Crippen molar-refractivity contribution in [2.45, 2.75) is 48.0 Å². The molecular formula is C21H46O6. The minimum absolute atomic E-state index is 0.243. The highest BCUT2D eigenvalue weighted by Gasteiger charge is 2.09. The Balaban J connectivity index is 0. The van der Waals surface area contributed by atoms with Crippen LogP contribution in [-0.2, 0) is 28.4 Å². The van der Waals surface area contributed by atoms with Gasteiger partial charge in [0.05, 0.1) is 59.5 Å². The van der Waals surface area contributed by atoms with Crippen LogP contribution in [0.4, 0.5) is 0 Å². The number of hydrogen-bond donors (Lipinski definition) is 0. The summed E-state index contributed by atoms with van der Waals surface area (Å²) in [6, 6.07) is 0. The minimum Gasteiger partial charge on any atom is -0.382 e. The van der Waals surface area contributed by atoms with E-state index in [-0.39, 0.29) is 5.41 Å². The lowest BCUT2D eigenvalue weighted by atomic mass is 9.93. The van der Waals surface area contributed by atoms with Gasteiger partial charge in [0, 0.05) is 20.8 Å². The maximum Gasteiger partial charge on any atom is 0.0701 e. The third-order valence-corrected chi connectivity index (χ3v) is 3.14. The first-order valence-corrected chi connectivity index (χ1v) is 9.91. The molecule has 0 spiro atoms. The van der Waals surface area contributed by atoms with Crippen LogP contribution in [0, 0.1) is 10.8 Å². The quantitative estimate of drug-likeness (QED) is 0.394. The van der Waals surface area contributed by atoms with Crippen LogP contribution in [0.15, 0.2) is 0 Å². The molecule has 0 aliphatic carbocycles. The minimum atomic E-state index is 0.243. The first-order valence-electron chi connectivity index (χ1n) is 9.91. The van der Waals surface area contributed by atoms with Gasteiger partial charge in [0.25, 0.3) is 0 Å². The fraction of sp³-hybridized carbons (Fsp3) is 1.00. The van der Waals surface area contributed by atoms with Gasteiger partial charge in [-0.25, -0.2) is 0 Å². The molecule has 0 unspecified atom stereocenters. The molecule has 166 valence electrons. The Morgan fingerprint density at radius 3 is 1.19 bits per heavy atom. The molecule has 6 heteroatoms. The Bertz CT molecular complexity index is 283. The zero-order chi connectivity index (χ0) is 21.0. The van der Waals surface area contributed by atoms with Gasteiger partial charge in [0.15, 0.2) is 0 Å². The van der Waals surface area contributed by atoms with Gasteiger partial charge in [-0.05, 0) is 17.3 Å². The summed E-state index contributed by atoms with van der Waals surface area (Å²) in [6.45, 7) is 20.0. The maximum absolute atomic E-state index is 5.42. The van der Waals surface area contributed by atoms with Gasteiger partial charge in [-0.1, -0.05) is 41.5 Å². The largest absolute Gasteiger partial charge is 0.382 e. The third-order valence-electron chi connectivity index (χ3n) is 3.14. The predicted octanol–water partition coefficient (Wildman–Crippen LogP) is 3.81. The fourth-order valence-corrected chi connectivity index (χ4v) is 1.58. The molecule has 0 aliphatic heterocycles. The van der Waals surface area contributed by atoms with E-state index in [4.69, 9.17) is 28.4 Å². The Morgan fingerprint density at radius 2 is 0.815 bits per heavy atom. The second-order valence-electron chi connectivity index (χ2n) is 8.75. The molecule has 0 aromatic carbocycles. The van der Waals surface area contributed by atoms with Gasteiger partial charge in [0.2, 0.25) is 0 Å². The summed E-state index contributed by atoms with van der Waals surface area (Å²) in [7, 11) is 3.34. The lowest BCUT2D eigenvalue weighted by Crippen LogP contribution is -2.17. The van der Waals surface area contributed by atoms with Crippen molar-refractivity contribution in [2.75, 3.05) is 80.3 Å². The second kappa shape index (κ2) is 19.1. The Morgan fingerprint density at radius 1 is 0.444 bits per heavy atom. The molecule has 0 amide bonds. The third kappa shape index (κ3) is 33.7. The van der Waals surface area contributed by atoms with E-state index >= 15 is 0 Å². The van der Waals surface area contributed by atoms with Crippen LogP contribution in [0.3, 0.4) is 0 Å². The van der Waals surface area contributed by atoms with Crippen LogP contribution in [0.2, 0.25) is 0 Å². The van der Waals surface area contributed by atoms with Crippen molar-refractivity contribution in [1.29, 1.82) is 0 Å². The summed E-state index contributed by atoms with van der Waals surface area (Å²) in [5.41, 5.74) is 0.601. The van der Waals surface area contributed by atoms with Crippen molar-refractivity contribution < 1.29 is 28.4 Å². The summed E-state index contributed by atoms with van der Waals surface area (Å²) in [4.78, 5) is 0. The number of ether oxygens (including phenoxy) is 6. The van der Waals surface area contributed by atoms with Crippen LogP contribution in [0.1, 0.15) is 48.0 Å². The Labute approximate surface area is 168 Å². The van der Waals surface area contributed by atoms with Crippen LogP contribution >= 0.6 is 0 Å². The molecule has 0 N–H and O–H groups in total. The van der Waals surface area contributed by atoms with E-state index in [1.54, 1.807) is 14.2 Å². The first-order chi connectivity index (χ1) is 12.6. The lowest BCUT2D eigenvalue weighted by molar-refractivity contribution is 0.00574. The van der Waals surface area contributed by atoms with Gasteiger partial charge in [-0.3, -0.25) is 0 Å². The molecule has 6 nitrogen and oxygen atoms in total. The van der Waals surface area contributed by atoms with Crippen LogP contribution in [0.25, 0.3) is 0 Å². The second-order valence-corrected chi connectivity index (χ2v) is 8.75. The molecular weight excluding hydrogens is 348 g/mol. The molecule has 0 atom stereocenters. The van der Waals surface area contributed by atoms with E-state index in [1.165, 1.54) is 0 Å². The van der Waals surface area contributed by atoms with Gasteiger partial charge in [-0.15, -0.1) is 0 Å². The predicted molar refractivity (Wildman–Crippen MR) is 111 cm³/mol. The average Bonchev–Trinajstić information content (AvgIpc) is 2.55. The maximum atomic E-state index is 5.42. The average molecular weight is 395 g/mol. The topological polar surface area (TPSA) is 55.4 Å². The standard InChI is InChI=1S/C11H24O3.C10H22O3/c1-11(2,3)5-6-13-9-10-14-8-7-12-4;1-10(2,3)9-13-8-7-12-6-5-11-4/h5-10H2,1-4H3;5-9H2,1-4H3. The van der Waals surface area contributed by atoms with E-state index < -0.39 is 0 Å². The highest BCUT2D eigenvalue weighted by atomic mass is 16.5. The van der Waals surface area contributed by atoms with E-state index in [2.05, 4.69) is 41.5 Å². The summed E-state index contributed by atoms with van der Waals surface area (Å²) in [5.74, 6) is 0. The highest BCUT2D eigenvalue weighted by molar-refractivity contribution is 4.60. The van der Waals surface area contributed by atoms with Crippen molar-refractivity contribution in [1.82, 2.24) is 0 Å². The van der Waals surface area contributed by atoms with Crippen molar-refractivity contribution in [3.05, 3.63) is 0 Å². The van der Waals surface area contributed by atoms with Crippen molar-refractivity contribution in [2.24, 2.45) is 10.8 Å². The smallest absolute Gasteiger partial charge is 0.0701 e. The lowest BCUT2D eigenvalue weighted by Gasteiger charge is -2.17. The molecule has 0 rings (SSSR count). The van der Waals surface area contributed by atoms with Gasteiger partial charge < -0.3 is 28.4 Å². The molecule has 0 saturated carbocycles. The summed E-state index contributed by atoms with van der Waals surface area (Å²) in [5, 5.41) is 0. The molecule has 0 aromatic heterocycles. The van der Waals surface area contributed by atoms with Crippen LogP contribution in [0.5, 0.6) is 0 Å². The normalized spacial score (nSPS) is 12.0. The fourth-order valence-electron chi connectivity index (χ4n) is 1.58. The van der Waals surface area contributed by atoms with E-state index in [0.29, 0.717) is 58.3 Å². The summed E-state index contributed by atoms with van der Waals surface area (Å²) < 4.78 is 31.0. The Kier molecular flexibility index (Phi) is 20.5.